The molecule has 156 valence electrons. The van der Waals surface area contributed by atoms with E-state index in [1.165, 1.54) is 11.2 Å². The molecule has 1 aliphatic heterocycles. The first-order valence-electron chi connectivity index (χ1n) is 9.56. The van der Waals surface area contributed by atoms with Gasteiger partial charge in [-0.05, 0) is 56.3 Å². The van der Waals surface area contributed by atoms with Crippen LogP contribution in [0.3, 0.4) is 0 Å². The van der Waals surface area contributed by atoms with Crippen molar-refractivity contribution >= 4 is 44.2 Å². The molecule has 0 unspecified atom stereocenters. The first kappa shape index (κ1) is 21.8. The summed E-state index contributed by atoms with van der Waals surface area (Å²) in [4.78, 5) is 30.2. The normalized spacial score (nSPS) is 14.3. The van der Waals surface area contributed by atoms with E-state index in [1.54, 1.807) is 17.8 Å². The number of benzene rings is 2. The van der Waals surface area contributed by atoms with Crippen LogP contribution in [0.1, 0.15) is 33.6 Å². The van der Waals surface area contributed by atoms with E-state index in [0.29, 0.717) is 30.6 Å². The first-order chi connectivity index (χ1) is 13.7. The van der Waals surface area contributed by atoms with Gasteiger partial charge < -0.3 is 4.90 Å². The van der Waals surface area contributed by atoms with E-state index in [4.69, 9.17) is 0 Å². The number of carbonyl (C=O) groups excluding carboxylic acids is 2. The summed E-state index contributed by atoms with van der Waals surface area (Å²) in [6.07, 6.45) is 2.67. The van der Waals surface area contributed by atoms with Crippen LogP contribution in [0.2, 0.25) is 0 Å². The van der Waals surface area contributed by atoms with E-state index < -0.39 is 9.84 Å². The van der Waals surface area contributed by atoms with Crippen LogP contribution >= 0.6 is 11.8 Å². The average Bonchev–Trinajstić information content (AvgIpc) is 2.65. The summed E-state index contributed by atoms with van der Waals surface area (Å²) < 4.78 is 22.5. The molecule has 0 saturated carbocycles. The van der Waals surface area contributed by atoms with Crippen LogP contribution < -0.4 is 0 Å². The summed E-state index contributed by atoms with van der Waals surface area (Å²) >= 11 is 1.63. The molecule has 8 heteroatoms. The molecule has 1 aliphatic rings. The number of rotatable bonds is 9. The van der Waals surface area contributed by atoms with Crippen LogP contribution in [0, 0.1) is 0 Å². The number of thioether (sulfide) groups is 1. The number of carbonyl (C=O) groups is 2. The molecular weight excluding hydrogens is 408 g/mol. The lowest BCUT2D eigenvalue weighted by atomic mass is 9.94. The van der Waals surface area contributed by atoms with Crippen LogP contribution in [-0.4, -0.2) is 75.0 Å². The Morgan fingerprint density at radius 3 is 2.34 bits per heavy atom. The van der Waals surface area contributed by atoms with Crippen molar-refractivity contribution in [3.05, 3.63) is 41.5 Å². The quantitative estimate of drug-likeness (QED) is 0.343. The summed E-state index contributed by atoms with van der Waals surface area (Å²) in [6.45, 7) is 0.974. The Bertz CT molecular complexity index is 1030. The standard InChI is InChI=1S/C21H26N2O4S2/c1-22(2)11-12-23-20(24)16-8-6-7-15-18(10-9-17(19(15)16)21(23)25)28-13-4-5-14-29(3,26)27/h6-10H,4-5,11-14H2,1-3H3. The molecule has 3 rings (SSSR count). The number of hydrogen-bond acceptors (Lipinski definition) is 6. The highest BCUT2D eigenvalue weighted by molar-refractivity contribution is 7.99. The van der Waals surface area contributed by atoms with Gasteiger partial charge in [-0.15, -0.1) is 11.8 Å². The second-order valence-corrected chi connectivity index (χ2v) is 11.0. The van der Waals surface area contributed by atoms with Crippen molar-refractivity contribution in [1.82, 2.24) is 9.80 Å². The molecule has 29 heavy (non-hydrogen) atoms. The van der Waals surface area contributed by atoms with Gasteiger partial charge in [0.2, 0.25) is 0 Å². The van der Waals surface area contributed by atoms with Crippen molar-refractivity contribution < 1.29 is 18.0 Å². The van der Waals surface area contributed by atoms with Gasteiger partial charge in [0.1, 0.15) is 9.84 Å². The predicted octanol–water partition coefficient (Wildman–Crippen LogP) is 2.91. The highest BCUT2D eigenvalue weighted by Crippen LogP contribution is 2.36. The Morgan fingerprint density at radius 1 is 1.00 bits per heavy atom. The second kappa shape index (κ2) is 8.85. The maximum Gasteiger partial charge on any atom is 0.261 e. The molecule has 0 fully saturated rings. The predicted molar refractivity (Wildman–Crippen MR) is 118 cm³/mol. The Kier molecular flexibility index (Phi) is 6.65. The fourth-order valence-corrected chi connectivity index (χ4v) is 5.18. The van der Waals surface area contributed by atoms with Gasteiger partial charge in [-0.25, -0.2) is 8.42 Å². The van der Waals surface area contributed by atoms with E-state index in [2.05, 4.69) is 0 Å². The lowest BCUT2D eigenvalue weighted by molar-refractivity contribution is 0.0601. The number of unbranched alkanes of at least 4 members (excludes halogenated alkanes) is 1. The van der Waals surface area contributed by atoms with Crippen LogP contribution in [0.5, 0.6) is 0 Å². The molecule has 0 bridgehead atoms. The molecule has 0 aliphatic carbocycles. The van der Waals surface area contributed by atoms with Gasteiger partial charge in [-0.2, -0.15) is 0 Å². The molecular formula is C21H26N2O4S2. The first-order valence-corrected chi connectivity index (χ1v) is 12.6. The fraction of sp³-hybridized carbons (Fsp3) is 0.429. The van der Waals surface area contributed by atoms with E-state index >= 15 is 0 Å². The Labute approximate surface area is 176 Å². The van der Waals surface area contributed by atoms with Crippen molar-refractivity contribution in [3.8, 4) is 0 Å². The topological polar surface area (TPSA) is 74.8 Å². The van der Waals surface area contributed by atoms with Gasteiger partial charge in [-0.1, -0.05) is 12.1 Å². The molecule has 2 aromatic carbocycles. The molecule has 0 radical (unpaired) electrons. The van der Waals surface area contributed by atoms with Gasteiger partial charge in [0.05, 0.1) is 0 Å². The Morgan fingerprint density at radius 2 is 1.69 bits per heavy atom. The van der Waals surface area contributed by atoms with Crippen LogP contribution in [0.15, 0.2) is 35.2 Å². The molecule has 0 aromatic heterocycles. The number of sulfone groups is 1. The molecule has 6 nitrogen and oxygen atoms in total. The Hall–Kier alpha value is -1.90. The summed E-state index contributed by atoms with van der Waals surface area (Å²) in [6, 6.07) is 9.32. The van der Waals surface area contributed by atoms with Gasteiger partial charge in [0.25, 0.3) is 11.8 Å². The lowest BCUT2D eigenvalue weighted by Crippen LogP contribution is -2.43. The zero-order valence-corrected chi connectivity index (χ0v) is 18.6. The third-order valence-electron chi connectivity index (χ3n) is 4.89. The minimum Gasteiger partial charge on any atom is -0.308 e. The van der Waals surface area contributed by atoms with Crippen LogP contribution in [-0.2, 0) is 9.84 Å². The van der Waals surface area contributed by atoms with Crippen molar-refractivity contribution in [2.75, 3.05) is 44.9 Å². The lowest BCUT2D eigenvalue weighted by Gasteiger charge is -2.28. The highest BCUT2D eigenvalue weighted by atomic mass is 32.2. The smallest absolute Gasteiger partial charge is 0.261 e. The van der Waals surface area contributed by atoms with E-state index in [1.807, 2.05) is 43.3 Å². The van der Waals surface area contributed by atoms with Crippen molar-refractivity contribution in [2.24, 2.45) is 0 Å². The minimum absolute atomic E-state index is 0.198. The highest BCUT2D eigenvalue weighted by Gasteiger charge is 2.33. The van der Waals surface area contributed by atoms with Crippen molar-refractivity contribution in [1.29, 1.82) is 0 Å². The summed E-state index contributed by atoms with van der Waals surface area (Å²) in [7, 11) is 0.889. The third kappa shape index (κ3) is 4.99. The number of likely N-dealkylation sites (N-methyl/N-ethyl adjacent to an activating group) is 1. The molecule has 2 amide bonds. The summed E-state index contributed by atoms with van der Waals surface area (Å²) in [5.74, 6) is 0.490. The van der Waals surface area contributed by atoms with Crippen molar-refractivity contribution in [2.45, 2.75) is 17.7 Å². The van der Waals surface area contributed by atoms with E-state index in [-0.39, 0.29) is 17.6 Å². The molecule has 0 spiro atoms. The fourth-order valence-electron chi connectivity index (χ4n) is 3.40. The summed E-state index contributed by atoms with van der Waals surface area (Å²) in [5.41, 5.74) is 1.13. The van der Waals surface area contributed by atoms with Crippen LogP contribution in [0.25, 0.3) is 10.8 Å². The summed E-state index contributed by atoms with van der Waals surface area (Å²) in [5, 5.41) is 1.63. The molecule has 1 heterocycles. The molecule has 0 saturated heterocycles. The average molecular weight is 435 g/mol. The molecule has 0 N–H and O–H groups in total. The third-order valence-corrected chi connectivity index (χ3v) is 7.08. The van der Waals surface area contributed by atoms with E-state index in [0.717, 1.165) is 27.8 Å². The SMILES string of the molecule is CN(C)CCN1C(=O)c2cccc3c(SCCCCS(C)(=O)=O)ccc(c23)C1=O. The molecule has 0 atom stereocenters. The largest absolute Gasteiger partial charge is 0.308 e. The van der Waals surface area contributed by atoms with Crippen molar-refractivity contribution in [3.63, 3.8) is 0 Å². The number of imide groups is 1. The zero-order chi connectivity index (χ0) is 21.2. The minimum atomic E-state index is -2.93. The Balaban J connectivity index is 1.83. The van der Waals surface area contributed by atoms with Gasteiger partial charge in [0.15, 0.2) is 0 Å². The second-order valence-electron chi connectivity index (χ2n) is 7.59. The van der Waals surface area contributed by atoms with Gasteiger partial charge >= 0.3 is 0 Å². The maximum atomic E-state index is 13.0. The van der Waals surface area contributed by atoms with Crippen LogP contribution in [0.4, 0.5) is 0 Å². The number of hydrogen-bond donors (Lipinski definition) is 0. The molecule has 2 aromatic rings. The van der Waals surface area contributed by atoms with Gasteiger partial charge in [0, 0.05) is 46.5 Å². The van der Waals surface area contributed by atoms with Gasteiger partial charge in [-0.3, -0.25) is 14.5 Å². The number of nitrogens with zero attached hydrogens (tertiary/aromatic N) is 2. The maximum absolute atomic E-state index is 13.0. The number of amides is 2. The van der Waals surface area contributed by atoms with E-state index in [9.17, 15) is 18.0 Å². The monoisotopic (exact) mass is 434 g/mol. The zero-order valence-electron chi connectivity index (χ0n) is 17.0.